The van der Waals surface area contributed by atoms with Crippen molar-refractivity contribution in [2.45, 2.75) is 6.54 Å². The lowest BCUT2D eigenvalue weighted by Crippen LogP contribution is -2.36. The molecule has 1 heterocycles. The van der Waals surface area contributed by atoms with Crippen LogP contribution in [0.2, 0.25) is 0 Å². The van der Waals surface area contributed by atoms with Crippen molar-refractivity contribution >= 4 is 37.5 Å². The van der Waals surface area contributed by atoms with Crippen molar-refractivity contribution in [3.63, 3.8) is 0 Å². The van der Waals surface area contributed by atoms with Crippen LogP contribution in [0.15, 0.2) is 15.9 Å². The predicted octanol–water partition coefficient (Wildman–Crippen LogP) is 1.75. The van der Waals surface area contributed by atoms with Crippen LogP contribution in [0.1, 0.15) is 4.88 Å². The van der Waals surface area contributed by atoms with Gasteiger partial charge in [0.05, 0.1) is 6.54 Å². The highest BCUT2D eigenvalue weighted by Gasteiger charge is 2.21. The first kappa shape index (κ1) is 13.1. The zero-order valence-corrected chi connectivity index (χ0v) is 12.0. The van der Waals surface area contributed by atoms with Crippen molar-refractivity contribution < 1.29 is 8.42 Å². The van der Waals surface area contributed by atoms with Gasteiger partial charge in [-0.1, -0.05) is 0 Å². The van der Waals surface area contributed by atoms with E-state index < -0.39 is 10.2 Å². The van der Waals surface area contributed by atoms with E-state index in [2.05, 4.69) is 15.9 Å². The molecule has 0 amide bonds. The molecule has 0 spiro atoms. The lowest BCUT2D eigenvalue weighted by Gasteiger charge is -2.20. The topological polar surface area (TPSA) is 40.6 Å². The Kier molecular flexibility index (Phi) is 4.30. The average molecular weight is 313 g/mol. The molecule has 0 unspecified atom stereocenters. The van der Waals surface area contributed by atoms with Gasteiger partial charge >= 0.3 is 0 Å². The third kappa shape index (κ3) is 3.01. The van der Waals surface area contributed by atoms with Crippen LogP contribution in [0.5, 0.6) is 0 Å². The van der Waals surface area contributed by atoms with E-state index in [0.29, 0.717) is 6.54 Å². The number of nitrogens with zero attached hydrogens (tertiary/aromatic N) is 2. The Hall–Kier alpha value is 0.0500. The minimum absolute atomic E-state index is 0.388. The van der Waals surface area contributed by atoms with E-state index in [1.165, 1.54) is 34.0 Å². The maximum absolute atomic E-state index is 11.7. The molecule has 0 bridgehead atoms. The molecule has 1 aromatic heterocycles. The molecular formula is C8H13BrN2O2S2. The fourth-order valence-electron chi connectivity index (χ4n) is 1.00. The van der Waals surface area contributed by atoms with Gasteiger partial charge in [0.25, 0.3) is 10.2 Å². The van der Waals surface area contributed by atoms with Crippen molar-refractivity contribution in [1.82, 2.24) is 8.61 Å². The number of hydrogen-bond donors (Lipinski definition) is 0. The number of hydrogen-bond acceptors (Lipinski definition) is 3. The summed E-state index contributed by atoms with van der Waals surface area (Å²) >= 11 is 4.91. The summed E-state index contributed by atoms with van der Waals surface area (Å²) in [6, 6.07) is 1.91. The summed E-state index contributed by atoms with van der Waals surface area (Å²) in [6.45, 7) is 0.388. The number of thiophene rings is 1. The number of rotatable bonds is 4. The Morgan fingerprint density at radius 2 is 2.00 bits per heavy atom. The SMILES string of the molecule is CN(C)S(=O)(=O)N(C)Cc1sccc1Br. The summed E-state index contributed by atoms with van der Waals surface area (Å²) < 4.78 is 26.9. The Morgan fingerprint density at radius 1 is 1.40 bits per heavy atom. The quantitative estimate of drug-likeness (QED) is 0.850. The molecule has 1 rings (SSSR count). The molecule has 0 N–H and O–H groups in total. The van der Waals surface area contributed by atoms with Gasteiger partial charge in [-0.05, 0) is 27.4 Å². The summed E-state index contributed by atoms with van der Waals surface area (Å²) in [5.41, 5.74) is 0. The van der Waals surface area contributed by atoms with Gasteiger partial charge in [-0.2, -0.15) is 17.0 Å². The largest absolute Gasteiger partial charge is 0.281 e. The summed E-state index contributed by atoms with van der Waals surface area (Å²) in [5.74, 6) is 0. The Balaban J connectivity index is 2.81. The Labute approximate surface area is 103 Å². The molecule has 1 aromatic rings. The first-order valence-electron chi connectivity index (χ1n) is 4.21. The van der Waals surface area contributed by atoms with Crippen molar-refractivity contribution in [2.24, 2.45) is 0 Å². The molecule has 4 nitrogen and oxygen atoms in total. The molecule has 0 saturated heterocycles. The van der Waals surface area contributed by atoms with Crippen LogP contribution in [-0.4, -0.2) is 38.2 Å². The minimum atomic E-state index is -3.32. The third-order valence-electron chi connectivity index (χ3n) is 1.91. The maximum Gasteiger partial charge on any atom is 0.281 e. The molecule has 0 atom stereocenters. The average Bonchev–Trinajstić information content (AvgIpc) is 2.51. The molecule has 15 heavy (non-hydrogen) atoms. The lowest BCUT2D eigenvalue weighted by molar-refractivity contribution is 0.416. The van der Waals surface area contributed by atoms with Gasteiger partial charge in [-0.25, -0.2) is 0 Å². The first-order valence-corrected chi connectivity index (χ1v) is 7.28. The van der Waals surface area contributed by atoms with E-state index in [1.54, 1.807) is 7.05 Å². The zero-order chi connectivity index (χ0) is 11.6. The van der Waals surface area contributed by atoms with E-state index in [-0.39, 0.29) is 0 Å². The van der Waals surface area contributed by atoms with Gasteiger partial charge in [0.1, 0.15) is 0 Å². The second kappa shape index (κ2) is 4.92. The molecule has 0 aliphatic rings. The van der Waals surface area contributed by atoms with Gasteiger partial charge in [-0.3, -0.25) is 0 Å². The second-order valence-corrected chi connectivity index (χ2v) is 7.34. The van der Waals surface area contributed by atoms with Crippen LogP contribution in [0, 0.1) is 0 Å². The molecule has 0 saturated carbocycles. The van der Waals surface area contributed by atoms with E-state index in [4.69, 9.17) is 0 Å². The summed E-state index contributed by atoms with van der Waals surface area (Å²) in [7, 11) is 1.30. The van der Waals surface area contributed by atoms with Gasteiger partial charge < -0.3 is 0 Å². The lowest BCUT2D eigenvalue weighted by atomic mass is 10.5. The van der Waals surface area contributed by atoms with Crippen LogP contribution in [0.25, 0.3) is 0 Å². The number of halogens is 1. The van der Waals surface area contributed by atoms with Crippen molar-refractivity contribution in [3.05, 3.63) is 20.8 Å². The van der Waals surface area contributed by atoms with Gasteiger partial charge in [0.2, 0.25) is 0 Å². The highest BCUT2D eigenvalue weighted by molar-refractivity contribution is 9.10. The standard InChI is InChI=1S/C8H13BrN2O2S2/c1-10(2)15(12,13)11(3)6-8-7(9)4-5-14-8/h4-5H,6H2,1-3H3. The van der Waals surface area contributed by atoms with E-state index in [9.17, 15) is 8.42 Å². The minimum Gasteiger partial charge on any atom is -0.195 e. The normalized spacial score (nSPS) is 12.7. The fraction of sp³-hybridized carbons (Fsp3) is 0.500. The summed E-state index contributed by atoms with van der Waals surface area (Å²) in [5, 5.41) is 1.93. The van der Waals surface area contributed by atoms with E-state index >= 15 is 0 Å². The summed E-state index contributed by atoms with van der Waals surface area (Å²) in [6.07, 6.45) is 0. The molecule has 0 radical (unpaired) electrons. The van der Waals surface area contributed by atoms with Gasteiger partial charge in [0, 0.05) is 30.5 Å². The van der Waals surface area contributed by atoms with Crippen LogP contribution < -0.4 is 0 Å². The van der Waals surface area contributed by atoms with Crippen molar-refractivity contribution in [3.8, 4) is 0 Å². The highest BCUT2D eigenvalue weighted by atomic mass is 79.9. The van der Waals surface area contributed by atoms with Crippen molar-refractivity contribution in [1.29, 1.82) is 0 Å². The maximum atomic E-state index is 11.7. The van der Waals surface area contributed by atoms with Crippen LogP contribution in [0.3, 0.4) is 0 Å². The summed E-state index contributed by atoms with van der Waals surface area (Å²) in [4.78, 5) is 1.00. The van der Waals surface area contributed by atoms with Crippen LogP contribution in [0.4, 0.5) is 0 Å². The monoisotopic (exact) mass is 312 g/mol. The predicted molar refractivity (Wildman–Crippen MR) is 66.1 cm³/mol. The molecular weight excluding hydrogens is 300 g/mol. The van der Waals surface area contributed by atoms with Crippen molar-refractivity contribution in [2.75, 3.05) is 21.1 Å². The molecule has 0 aromatic carbocycles. The van der Waals surface area contributed by atoms with Gasteiger partial charge in [-0.15, -0.1) is 11.3 Å². The first-order chi connectivity index (χ1) is 6.85. The zero-order valence-electron chi connectivity index (χ0n) is 8.77. The fourth-order valence-corrected chi connectivity index (χ4v) is 3.46. The van der Waals surface area contributed by atoms with E-state index in [0.717, 1.165) is 9.35 Å². The molecule has 86 valence electrons. The van der Waals surface area contributed by atoms with E-state index in [1.807, 2.05) is 11.4 Å². The smallest absolute Gasteiger partial charge is 0.195 e. The highest BCUT2D eigenvalue weighted by Crippen LogP contribution is 2.24. The molecule has 0 aliphatic carbocycles. The molecule has 0 fully saturated rings. The third-order valence-corrected chi connectivity index (χ3v) is 5.66. The molecule has 7 heteroatoms. The van der Waals surface area contributed by atoms with Crippen LogP contribution >= 0.6 is 27.3 Å². The van der Waals surface area contributed by atoms with Crippen LogP contribution in [-0.2, 0) is 16.8 Å². The Morgan fingerprint density at radius 3 is 2.40 bits per heavy atom. The second-order valence-electron chi connectivity index (χ2n) is 3.24. The Bertz CT molecular complexity index is 428. The van der Waals surface area contributed by atoms with Gasteiger partial charge in [0.15, 0.2) is 0 Å². The molecule has 0 aliphatic heterocycles.